The summed E-state index contributed by atoms with van der Waals surface area (Å²) in [4.78, 5) is 24.3. The number of amides is 1. The van der Waals surface area contributed by atoms with E-state index in [1.54, 1.807) is 30.7 Å². The van der Waals surface area contributed by atoms with Crippen molar-refractivity contribution < 1.29 is 9.18 Å². The molecule has 8 heteroatoms. The number of rotatable bonds is 6. The van der Waals surface area contributed by atoms with Crippen molar-refractivity contribution >= 4 is 33.5 Å². The summed E-state index contributed by atoms with van der Waals surface area (Å²) >= 11 is 0. The van der Waals surface area contributed by atoms with Crippen LogP contribution in [0, 0.1) is 5.82 Å². The van der Waals surface area contributed by atoms with Crippen molar-refractivity contribution in [1.29, 1.82) is 0 Å². The number of hydrogen-bond acceptors (Lipinski definition) is 4. The Hall–Kier alpha value is -4.85. The van der Waals surface area contributed by atoms with E-state index in [-0.39, 0.29) is 11.7 Å². The Morgan fingerprint density at radius 1 is 0.946 bits per heavy atom. The largest absolute Gasteiger partial charge is 0.353 e. The molecule has 0 saturated carbocycles. The summed E-state index contributed by atoms with van der Waals surface area (Å²) < 4.78 is 14.6. The van der Waals surface area contributed by atoms with Crippen LogP contribution in [0.1, 0.15) is 19.8 Å². The van der Waals surface area contributed by atoms with Crippen LogP contribution in [0.3, 0.4) is 0 Å². The lowest BCUT2D eigenvalue weighted by molar-refractivity contribution is -0.116. The molecule has 7 nitrogen and oxygen atoms in total. The van der Waals surface area contributed by atoms with E-state index in [2.05, 4.69) is 30.5 Å². The van der Waals surface area contributed by atoms with Gasteiger partial charge < -0.3 is 10.3 Å². The fourth-order valence-electron chi connectivity index (χ4n) is 4.58. The molecule has 2 aromatic carbocycles. The van der Waals surface area contributed by atoms with Crippen molar-refractivity contribution in [1.82, 2.24) is 25.1 Å². The third kappa shape index (κ3) is 4.23. The minimum Gasteiger partial charge on any atom is -0.353 e. The summed E-state index contributed by atoms with van der Waals surface area (Å²) in [6, 6.07) is 18.4. The number of nitrogens with one attached hydrogen (secondary N) is 3. The van der Waals surface area contributed by atoms with Gasteiger partial charge in [0.25, 0.3) is 0 Å². The van der Waals surface area contributed by atoms with Gasteiger partial charge in [-0.2, -0.15) is 5.10 Å². The summed E-state index contributed by atoms with van der Waals surface area (Å²) in [6.45, 7) is 1.96. The topological polar surface area (TPSA) is 99.3 Å². The molecule has 37 heavy (non-hydrogen) atoms. The van der Waals surface area contributed by atoms with Crippen molar-refractivity contribution in [2.45, 2.75) is 19.8 Å². The molecule has 1 amide bonds. The first-order valence-corrected chi connectivity index (χ1v) is 12.1. The number of benzene rings is 2. The molecule has 0 aliphatic rings. The fraction of sp³-hybridized carbons (Fsp3) is 0.103. The van der Waals surface area contributed by atoms with Crippen LogP contribution in [0.4, 0.5) is 10.1 Å². The number of H-pyrrole nitrogens is 2. The number of fused-ring (bicyclic) bond motifs is 2. The Morgan fingerprint density at radius 3 is 2.65 bits per heavy atom. The highest BCUT2D eigenvalue weighted by atomic mass is 19.1. The van der Waals surface area contributed by atoms with Crippen LogP contribution >= 0.6 is 0 Å². The van der Waals surface area contributed by atoms with Gasteiger partial charge in [0, 0.05) is 51.8 Å². The molecule has 0 unspecified atom stereocenters. The van der Waals surface area contributed by atoms with Crippen molar-refractivity contribution in [3.63, 3.8) is 0 Å². The average molecular weight is 491 g/mol. The van der Waals surface area contributed by atoms with Gasteiger partial charge in [-0.3, -0.25) is 14.9 Å². The Kier molecular flexibility index (Phi) is 5.69. The summed E-state index contributed by atoms with van der Waals surface area (Å²) in [5, 5.41) is 12.2. The molecule has 182 valence electrons. The number of pyridine rings is 2. The second kappa shape index (κ2) is 9.31. The maximum atomic E-state index is 14.6. The standard InChI is InChI=1S/C29H23FN6O/c1-2-6-27(37)33-19-11-17(14-31-16-19)18-12-23-28(35-36-29(23)32-15-18)26-13-22-20(8-5-10-25(22)34-26)21-7-3-4-9-24(21)30/h3-5,7-16,34H,2,6H2,1H3,(H,33,37)(H,32,35,36). The molecule has 6 aromatic rings. The smallest absolute Gasteiger partial charge is 0.224 e. The van der Waals surface area contributed by atoms with Crippen molar-refractivity contribution in [3.05, 3.63) is 85.1 Å². The monoisotopic (exact) mass is 490 g/mol. The second-order valence-electron chi connectivity index (χ2n) is 8.88. The van der Waals surface area contributed by atoms with Gasteiger partial charge >= 0.3 is 0 Å². The molecule has 6 rings (SSSR count). The zero-order valence-electron chi connectivity index (χ0n) is 20.0. The molecule has 4 heterocycles. The SMILES string of the molecule is CCCC(=O)Nc1cncc(-c2cnc3[nH]nc(-c4cc5c(-c6ccccc6F)cccc5[nH]4)c3c2)c1. The summed E-state index contributed by atoms with van der Waals surface area (Å²) in [5.74, 6) is -0.306. The van der Waals surface area contributed by atoms with Crippen molar-refractivity contribution in [2.75, 3.05) is 5.32 Å². The highest BCUT2D eigenvalue weighted by Gasteiger charge is 2.16. The van der Waals surface area contributed by atoms with E-state index in [0.717, 1.165) is 45.1 Å². The van der Waals surface area contributed by atoms with Crippen LogP contribution < -0.4 is 5.32 Å². The number of carbonyl (C=O) groups is 1. The van der Waals surface area contributed by atoms with E-state index in [1.807, 2.05) is 49.4 Å². The van der Waals surface area contributed by atoms with Crippen LogP contribution in [0.2, 0.25) is 0 Å². The van der Waals surface area contributed by atoms with Gasteiger partial charge in [-0.25, -0.2) is 9.37 Å². The molecule has 4 aromatic heterocycles. The highest BCUT2D eigenvalue weighted by molar-refractivity contribution is 6.01. The number of hydrogen-bond donors (Lipinski definition) is 3. The van der Waals surface area contributed by atoms with Crippen molar-refractivity contribution in [3.8, 4) is 33.6 Å². The second-order valence-corrected chi connectivity index (χ2v) is 8.88. The quantitative estimate of drug-likeness (QED) is 0.241. The van der Waals surface area contributed by atoms with Gasteiger partial charge in [0.1, 0.15) is 11.5 Å². The van der Waals surface area contributed by atoms with Gasteiger partial charge in [-0.05, 0) is 42.3 Å². The highest BCUT2D eigenvalue weighted by Crippen LogP contribution is 2.35. The minimum absolute atomic E-state index is 0.0410. The maximum absolute atomic E-state index is 14.6. The molecule has 0 bridgehead atoms. The normalized spacial score (nSPS) is 11.3. The van der Waals surface area contributed by atoms with Gasteiger partial charge in [-0.1, -0.05) is 37.3 Å². The van der Waals surface area contributed by atoms with E-state index < -0.39 is 0 Å². The third-order valence-electron chi connectivity index (χ3n) is 6.33. The average Bonchev–Trinajstić information content (AvgIpc) is 3.53. The van der Waals surface area contributed by atoms with Crippen molar-refractivity contribution in [2.24, 2.45) is 0 Å². The number of aromatic amines is 2. The van der Waals surface area contributed by atoms with E-state index in [9.17, 15) is 9.18 Å². The first-order valence-electron chi connectivity index (χ1n) is 12.1. The Morgan fingerprint density at radius 2 is 1.78 bits per heavy atom. The van der Waals surface area contributed by atoms with E-state index in [4.69, 9.17) is 0 Å². The molecule has 0 aliphatic carbocycles. The number of aromatic nitrogens is 5. The molecular formula is C29H23FN6O. The first kappa shape index (κ1) is 22.6. The van der Waals surface area contributed by atoms with E-state index >= 15 is 0 Å². The lowest BCUT2D eigenvalue weighted by atomic mass is 10.0. The molecule has 0 aliphatic heterocycles. The van der Waals surface area contributed by atoms with Gasteiger partial charge in [0.05, 0.1) is 17.6 Å². The number of carbonyl (C=O) groups excluding carboxylic acids is 1. The molecule has 0 saturated heterocycles. The molecule has 0 radical (unpaired) electrons. The van der Waals surface area contributed by atoms with Crippen LogP contribution in [-0.4, -0.2) is 31.1 Å². The zero-order valence-corrected chi connectivity index (χ0v) is 20.0. The first-order chi connectivity index (χ1) is 18.1. The van der Waals surface area contributed by atoms with E-state index in [1.165, 1.54) is 6.07 Å². The Labute approximate surface area is 211 Å². The predicted molar refractivity (Wildman–Crippen MR) is 143 cm³/mol. The lowest BCUT2D eigenvalue weighted by Gasteiger charge is -2.07. The molecule has 0 spiro atoms. The van der Waals surface area contributed by atoms with Crippen LogP contribution in [0.15, 0.2) is 79.3 Å². The fourth-order valence-corrected chi connectivity index (χ4v) is 4.58. The Balaban J connectivity index is 1.41. The molecular weight excluding hydrogens is 467 g/mol. The lowest BCUT2D eigenvalue weighted by Crippen LogP contribution is -2.10. The summed E-state index contributed by atoms with van der Waals surface area (Å²) in [7, 11) is 0. The minimum atomic E-state index is -0.265. The maximum Gasteiger partial charge on any atom is 0.224 e. The van der Waals surface area contributed by atoms with Gasteiger partial charge in [0.15, 0.2) is 5.65 Å². The number of nitrogens with zero attached hydrogens (tertiary/aromatic N) is 3. The predicted octanol–water partition coefficient (Wildman–Crippen LogP) is 6.71. The third-order valence-corrected chi connectivity index (χ3v) is 6.33. The molecule has 3 N–H and O–H groups in total. The van der Waals surface area contributed by atoms with Crippen LogP contribution in [0.25, 0.3) is 55.6 Å². The summed E-state index contributed by atoms with van der Waals surface area (Å²) in [5.41, 5.74) is 6.70. The van der Waals surface area contributed by atoms with Crippen LogP contribution in [0.5, 0.6) is 0 Å². The summed E-state index contributed by atoms with van der Waals surface area (Å²) in [6.07, 6.45) is 6.35. The zero-order chi connectivity index (χ0) is 25.4. The number of anilines is 1. The van der Waals surface area contributed by atoms with E-state index in [0.29, 0.717) is 29.0 Å². The van der Waals surface area contributed by atoms with Crippen LogP contribution in [-0.2, 0) is 4.79 Å². The van der Waals surface area contributed by atoms with Gasteiger partial charge in [0.2, 0.25) is 5.91 Å². The van der Waals surface area contributed by atoms with Gasteiger partial charge in [-0.15, -0.1) is 0 Å². The number of halogens is 1. The molecule has 0 atom stereocenters. The molecule has 0 fully saturated rings. The Bertz CT molecular complexity index is 1770.